The van der Waals surface area contributed by atoms with Gasteiger partial charge in [-0.25, -0.2) is 9.97 Å². The van der Waals surface area contributed by atoms with Gasteiger partial charge in [0.05, 0.1) is 0 Å². The molecule has 82 valence electrons. The van der Waals surface area contributed by atoms with Crippen molar-refractivity contribution in [1.82, 2.24) is 9.97 Å². The van der Waals surface area contributed by atoms with Gasteiger partial charge < -0.3 is 5.32 Å². The summed E-state index contributed by atoms with van der Waals surface area (Å²) in [5.74, 6) is 2.60. The molecule has 0 spiro atoms. The van der Waals surface area contributed by atoms with Gasteiger partial charge in [-0.15, -0.1) is 0 Å². The van der Waals surface area contributed by atoms with Crippen LogP contribution in [0.25, 0.3) is 0 Å². The van der Waals surface area contributed by atoms with E-state index in [4.69, 9.17) is 0 Å². The lowest BCUT2D eigenvalue weighted by Gasteiger charge is -2.18. The van der Waals surface area contributed by atoms with Crippen LogP contribution in [-0.2, 0) is 0 Å². The van der Waals surface area contributed by atoms with E-state index in [1.807, 2.05) is 19.9 Å². The Bertz CT molecular complexity index is 328. The van der Waals surface area contributed by atoms with Crippen LogP contribution in [0, 0.1) is 19.8 Å². The fourth-order valence-corrected chi connectivity index (χ4v) is 2.34. The summed E-state index contributed by atoms with van der Waals surface area (Å²) in [6, 6.07) is 2.62. The van der Waals surface area contributed by atoms with Crippen molar-refractivity contribution in [2.24, 2.45) is 5.92 Å². The maximum atomic E-state index is 4.41. The van der Waals surface area contributed by atoms with E-state index in [0.717, 1.165) is 23.3 Å². The largest absolute Gasteiger partial charge is 0.367 e. The average Bonchev–Trinajstić information content (AvgIpc) is 2.50. The van der Waals surface area contributed by atoms with Crippen molar-refractivity contribution >= 4 is 5.82 Å². The fraction of sp³-hybridized carbons (Fsp3) is 0.667. The molecule has 1 saturated carbocycles. The number of aromatic nitrogens is 2. The molecule has 1 aromatic heterocycles. The minimum absolute atomic E-state index is 0.596. The van der Waals surface area contributed by atoms with Crippen molar-refractivity contribution in [3.05, 3.63) is 17.6 Å². The topological polar surface area (TPSA) is 37.8 Å². The van der Waals surface area contributed by atoms with Crippen LogP contribution in [0.4, 0.5) is 5.82 Å². The molecule has 0 aliphatic heterocycles. The summed E-state index contributed by atoms with van der Waals surface area (Å²) in [6.45, 7) is 6.26. The Morgan fingerprint density at radius 1 is 1.27 bits per heavy atom. The zero-order valence-corrected chi connectivity index (χ0v) is 9.75. The molecule has 0 radical (unpaired) electrons. The van der Waals surface area contributed by atoms with Gasteiger partial charge in [0.15, 0.2) is 0 Å². The van der Waals surface area contributed by atoms with E-state index in [2.05, 4.69) is 22.2 Å². The molecule has 1 heterocycles. The first-order chi connectivity index (χ1) is 7.15. The molecule has 2 unspecified atom stereocenters. The highest BCUT2D eigenvalue weighted by Gasteiger charge is 2.23. The first-order valence-corrected chi connectivity index (χ1v) is 5.74. The number of hydrogen-bond acceptors (Lipinski definition) is 3. The highest BCUT2D eigenvalue weighted by Crippen LogP contribution is 2.27. The van der Waals surface area contributed by atoms with E-state index in [0.29, 0.717) is 6.04 Å². The number of nitrogens with one attached hydrogen (secondary N) is 1. The van der Waals surface area contributed by atoms with Crippen LogP contribution in [0.5, 0.6) is 0 Å². The normalized spacial score (nSPS) is 25.5. The first-order valence-electron chi connectivity index (χ1n) is 5.74. The summed E-state index contributed by atoms with van der Waals surface area (Å²) in [6.07, 6.45) is 3.94. The summed E-state index contributed by atoms with van der Waals surface area (Å²) in [7, 11) is 0. The summed E-state index contributed by atoms with van der Waals surface area (Å²) in [4.78, 5) is 8.69. The van der Waals surface area contributed by atoms with E-state index in [-0.39, 0.29) is 0 Å². The van der Waals surface area contributed by atoms with Gasteiger partial charge in [-0.1, -0.05) is 13.3 Å². The number of aryl methyl sites for hydroxylation is 2. The molecule has 3 heteroatoms. The molecule has 2 atom stereocenters. The van der Waals surface area contributed by atoms with Crippen LogP contribution in [0.1, 0.15) is 37.7 Å². The smallest absolute Gasteiger partial charge is 0.130 e. The van der Waals surface area contributed by atoms with Crippen molar-refractivity contribution in [2.75, 3.05) is 5.32 Å². The second kappa shape index (κ2) is 4.17. The average molecular weight is 205 g/mol. The quantitative estimate of drug-likeness (QED) is 0.806. The standard InChI is InChI=1S/C12H19N3/c1-8-5-4-6-11(8)15-12-7-9(2)13-10(3)14-12/h7-8,11H,4-6H2,1-3H3,(H,13,14,15). The van der Waals surface area contributed by atoms with Gasteiger partial charge in [-0.3, -0.25) is 0 Å². The van der Waals surface area contributed by atoms with Crippen molar-refractivity contribution in [3.8, 4) is 0 Å². The first kappa shape index (κ1) is 10.4. The highest BCUT2D eigenvalue weighted by molar-refractivity contribution is 5.37. The second-order valence-electron chi connectivity index (χ2n) is 4.60. The Kier molecular flexibility index (Phi) is 2.89. The zero-order valence-electron chi connectivity index (χ0n) is 9.75. The zero-order chi connectivity index (χ0) is 10.8. The van der Waals surface area contributed by atoms with E-state index < -0.39 is 0 Å². The van der Waals surface area contributed by atoms with Gasteiger partial charge in [-0.2, -0.15) is 0 Å². The van der Waals surface area contributed by atoms with Crippen LogP contribution < -0.4 is 5.32 Å². The summed E-state index contributed by atoms with van der Waals surface area (Å²) in [5, 5.41) is 3.52. The molecule has 1 aliphatic rings. The molecule has 0 saturated heterocycles. The maximum absolute atomic E-state index is 4.41. The molecule has 0 amide bonds. The van der Waals surface area contributed by atoms with Crippen LogP contribution in [0.3, 0.4) is 0 Å². The Labute approximate surface area is 91.3 Å². The lowest BCUT2D eigenvalue weighted by Crippen LogP contribution is -2.22. The van der Waals surface area contributed by atoms with Gasteiger partial charge in [-0.05, 0) is 32.6 Å². The molecule has 0 bridgehead atoms. The fourth-order valence-electron chi connectivity index (χ4n) is 2.34. The maximum Gasteiger partial charge on any atom is 0.130 e. The third kappa shape index (κ3) is 2.46. The van der Waals surface area contributed by atoms with Gasteiger partial charge in [0, 0.05) is 17.8 Å². The summed E-state index contributed by atoms with van der Waals surface area (Å²) >= 11 is 0. The van der Waals surface area contributed by atoms with Crippen LogP contribution in [0.15, 0.2) is 6.07 Å². The molecular weight excluding hydrogens is 186 g/mol. The lowest BCUT2D eigenvalue weighted by molar-refractivity contribution is 0.554. The third-order valence-corrected chi connectivity index (χ3v) is 3.16. The third-order valence-electron chi connectivity index (χ3n) is 3.16. The second-order valence-corrected chi connectivity index (χ2v) is 4.60. The Morgan fingerprint density at radius 2 is 2.07 bits per heavy atom. The number of anilines is 1. The van der Waals surface area contributed by atoms with E-state index >= 15 is 0 Å². The Morgan fingerprint density at radius 3 is 2.67 bits per heavy atom. The van der Waals surface area contributed by atoms with E-state index in [1.54, 1.807) is 0 Å². The predicted octanol–water partition coefficient (Wildman–Crippen LogP) is 2.69. The Hall–Kier alpha value is -1.12. The van der Waals surface area contributed by atoms with E-state index in [1.165, 1.54) is 19.3 Å². The van der Waals surface area contributed by atoms with Gasteiger partial charge in [0.1, 0.15) is 11.6 Å². The summed E-state index contributed by atoms with van der Waals surface area (Å²) < 4.78 is 0. The van der Waals surface area contributed by atoms with Crippen LogP contribution >= 0.6 is 0 Å². The van der Waals surface area contributed by atoms with Crippen molar-refractivity contribution in [1.29, 1.82) is 0 Å². The minimum atomic E-state index is 0.596. The lowest BCUT2D eigenvalue weighted by atomic mass is 10.1. The Balaban J connectivity index is 2.10. The molecule has 1 fully saturated rings. The highest BCUT2D eigenvalue weighted by atomic mass is 15.1. The van der Waals surface area contributed by atoms with Gasteiger partial charge >= 0.3 is 0 Å². The van der Waals surface area contributed by atoms with Gasteiger partial charge in [0.25, 0.3) is 0 Å². The predicted molar refractivity (Wildman–Crippen MR) is 61.9 cm³/mol. The molecule has 1 aliphatic carbocycles. The molecular formula is C12H19N3. The van der Waals surface area contributed by atoms with Crippen molar-refractivity contribution < 1.29 is 0 Å². The molecule has 0 aromatic carbocycles. The molecule has 1 aromatic rings. The molecule has 1 N–H and O–H groups in total. The molecule has 2 rings (SSSR count). The number of nitrogens with zero attached hydrogens (tertiary/aromatic N) is 2. The monoisotopic (exact) mass is 205 g/mol. The van der Waals surface area contributed by atoms with Gasteiger partial charge in [0.2, 0.25) is 0 Å². The molecule has 15 heavy (non-hydrogen) atoms. The van der Waals surface area contributed by atoms with Crippen LogP contribution in [-0.4, -0.2) is 16.0 Å². The number of hydrogen-bond donors (Lipinski definition) is 1. The number of rotatable bonds is 2. The van der Waals surface area contributed by atoms with Crippen molar-refractivity contribution in [3.63, 3.8) is 0 Å². The van der Waals surface area contributed by atoms with Crippen LogP contribution in [0.2, 0.25) is 0 Å². The minimum Gasteiger partial charge on any atom is -0.367 e. The summed E-state index contributed by atoms with van der Waals surface area (Å²) in [5.41, 5.74) is 1.04. The SMILES string of the molecule is Cc1cc(NC2CCCC2C)nc(C)n1. The van der Waals surface area contributed by atoms with Crippen molar-refractivity contribution in [2.45, 2.75) is 46.1 Å². The van der Waals surface area contributed by atoms with E-state index in [9.17, 15) is 0 Å². The molecule has 3 nitrogen and oxygen atoms in total.